The Kier molecular flexibility index (Phi) is 2.56. The molecule has 0 saturated carbocycles. The molecule has 4 unspecified atom stereocenters. The minimum absolute atomic E-state index is 0.0630. The number of aliphatic hydroxyl groups excluding tert-OH is 3. The van der Waals surface area contributed by atoms with E-state index in [1.165, 1.54) is 0 Å². The summed E-state index contributed by atoms with van der Waals surface area (Å²) >= 11 is 0. The van der Waals surface area contributed by atoms with Crippen molar-refractivity contribution in [2.45, 2.75) is 43.9 Å². The molecule has 2 saturated heterocycles. The van der Waals surface area contributed by atoms with Crippen LogP contribution in [0.3, 0.4) is 0 Å². The Labute approximate surface area is 88.6 Å². The van der Waals surface area contributed by atoms with Crippen LogP contribution >= 0.6 is 0 Å². The zero-order chi connectivity index (χ0) is 11.3. The van der Waals surface area contributed by atoms with E-state index < -0.39 is 23.6 Å². The molecule has 0 radical (unpaired) electrons. The van der Waals surface area contributed by atoms with E-state index in [1.54, 1.807) is 0 Å². The molecule has 0 aromatic heterocycles. The van der Waals surface area contributed by atoms with Crippen molar-refractivity contribution >= 4 is 0 Å². The maximum absolute atomic E-state index is 9.80. The van der Waals surface area contributed by atoms with Gasteiger partial charge in [0.25, 0.3) is 0 Å². The Balaban J connectivity index is 2.30. The molecule has 88 valence electrons. The minimum Gasteiger partial charge on any atom is -0.393 e. The van der Waals surface area contributed by atoms with Gasteiger partial charge in [-0.15, -0.1) is 0 Å². The van der Waals surface area contributed by atoms with Crippen molar-refractivity contribution in [1.82, 2.24) is 0 Å². The first-order valence-electron chi connectivity index (χ1n) is 5.27. The van der Waals surface area contributed by atoms with Gasteiger partial charge in [0.15, 0.2) is 5.79 Å². The van der Waals surface area contributed by atoms with Crippen LogP contribution in [0.5, 0.6) is 0 Å². The van der Waals surface area contributed by atoms with Crippen LogP contribution in [0.1, 0.15) is 20.3 Å². The summed E-state index contributed by atoms with van der Waals surface area (Å²) < 4.78 is 11.2. The molecule has 5 heteroatoms. The predicted molar refractivity (Wildman–Crippen MR) is 51.1 cm³/mol. The van der Waals surface area contributed by atoms with Gasteiger partial charge in [0.2, 0.25) is 0 Å². The summed E-state index contributed by atoms with van der Waals surface area (Å²) in [4.78, 5) is 0. The second-order valence-electron chi connectivity index (χ2n) is 4.80. The monoisotopic (exact) mass is 218 g/mol. The minimum atomic E-state index is -1.15. The Bertz CT molecular complexity index is 252. The average molecular weight is 218 g/mol. The van der Waals surface area contributed by atoms with E-state index >= 15 is 0 Å². The van der Waals surface area contributed by atoms with Crippen molar-refractivity contribution in [3.63, 3.8) is 0 Å². The van der Waals surface area contributed by atoms with Crippen molar-refractivity contribution in [3.8, 4) is 0 Å². The van der Waals surface area contributed by atoms with Gasteiger partial charge in [-0.1, -0.05) is 13.8 Å². The normalized spacial score (nSPS) is 50.0. The van der Waals surface area contributed by atoms with Gasteiger partial charge in [-0.2, -0.15) is 0 Å². The lowest BCUT2D eigenvalue weighted by Crippen LogP contribution is -2.60. The van der Waals surface area contributed by atoms with Gasteiger partial charge in [0.05, 0.1) is 19.3 Å². The van der Waals surface area contributed by atoms with Gasteiger partial charge in [-0.05, 0) is 0 Å². The highest BCUT2D eigenvalue weighted by molar-refractivity contribution is 5.05. The van der Waals surface area contributed by atoms with Crippen molar-refractivity contribution in [2.24, 2.45) is 5.92 Å². The first kappa shape index (κ1) is 11.3. The predicted octanol–water partition coefficient (Wildman–Crippen LogP) is -0.758. The lowest BCUT2D eigenvalue weighted by Gasteiger charge is -2.44. The summed E-state index contributed by atoms with van der Waals surface area (Å²) in [5.41, 5.74) is -1.15. The number of ether oxygens (including phenoxy) is 2. The fourth-order valence-corrected chi connectivity index (χ4v) is 2.34. The van der Waals surface area contributed by atoms with Gasteiger partial charge in [0.1, 0.15) is 11.7 Å². The molecule has 2 fully saturated rings. The number of fused-ring (bicyclic) bond motifs is 2. The van der Waals surface area contributed by atoms with Gasteiger partial charge >= 0.3 is 0 Å². The maximum atomic E-state index is 9.80. The first-order chi connectivity index (χ1) is 6.96. The molecule has 2 aliphatic heterocycles. The smallest absolute Gasteiger partial charge is 0.174 e. The molecule has 2 rings (SSSR count). The van der Waals surface area contributed by atoms with E-state index in [9.17, 15) is 15.3 Å². The molecule has 2 bridgehead atoms. The molecular formula is C10H18O5. The standard InChI is InChI=1S/C10H18O5/c1-6(2)10-3-7(12)8(13)9(4-11,15-10)5-14-10/h6-8,11-13H,3-5H2,1-2H3. The SMILES string of the molecule is CC(C)C12CC(O)C(O)C(CO)(CO1)O2. The van der Waals surface area contributed by atoms with Crippen molar-refractivity contribution in [1.29, 1.82) is 0 Å². The topological polar surface area (TPSA) is 79.2 Å². The second-order valence-corrected chi connectivity index (χ2v) is 4.80. The summed E-state index contributed by atoms with van der Waals surface area (Å²) in [6, 6.07) is 0. The van der Waals surface area contributed by atoms with Gasteiger partial charge < -0.3 is 24.8 Å². The van der Waals surface area contributed by atoms with E-state index in [0.717, 1.165) is 0 Å². The molecule has 2 aliphatic rings. The first-order valence-corrected chi connectivity index (χ1v) is 5.27. The van der Waals surface area contributed by atoms with E-state index in [1.807, 2.05) is 13.8 Å². The van der Waals surface area contributed by atoms with Crippen LogP contribution in [0.4, 0.5) is 0 Å². The lowest BCUT2D eigenvalue weighted by molar-refractivity contribution is -0.290. The van der Waals surface area contributed by atoms with Crippen LogP contribution in [0.15, 0.2) is 0 Å². The Morgan fingerprint density at radius 3 is 2.60 bits per heavy atom. The molecule has 3 N–H and O–H groups in total. The Morgan fingerprint density at radius 2 is 2.07 bits per heavy atom. The molecule has 0 spiro atoms. The maximum Gasteiger partial charge on any atom is 0.174 e. The molecule has 0 amide bonds. The number of rotatable bonds is 2. The van der Waals surface area contributed by atoms with Gasteiger partial charge in [-0.3, -0.25) is 0 Å². The highest BCUT2D eigenvalue weighted by Gasteiger charge is 2.62. The van der Waals surface area contributed by atoms with Crippen molar-refractivity contribution in [3.05, 3.63) is 0 Å². The molecule has 4 atom stereocenters. The van der Waals surface area contributed by atoms with E-state index in [4.69, 9.17) is 9.47 Å². The number of hydrogen-bond donors (Lipinski definition) is 3. The third-order valence-corrected chi connectivity index (χ3v) is 3.48. The largest absolute Gasteiger partial charge is 0.393 e. The summed E-state index contributed by atoms with van der Waals surface area (Å²) in [6.45, 7) is 3.63. The Hall–Kier alpha value is -0.200. The Morgan fingerprint density at radius 1 is 1.40 bits per heavy atom. The van der Waals surface area contributed by atoms with Gasteiger partial charge in [0, 0.05) is 12.3 Å². The van der Waals surface area contributed by atoms with Crippen molar-refractivity contribution < 1.29 is 24.8 Å². The molecule has 0 aliphatic carbocycles. The zero-order valence-corrected chi connectivity index (χ0v) is 9.01. The summed E-state index contributed by atoms with van der Waals surface area (Å²) in [6.07, 6.45) is -1.75. The second kappa shape index (κ2) is 3.40. The summed E-state index contributed by atoms with van der Waals surface area (Å²) in [5, 5.41) is 28.8. The molecule has 2 heterocycles. The van der Waals surface area contributed by atoms with Crippen LogP contribution in [-0.4, -0.2) is 52.1 Å². The average Bonchev–Trinajstić information content (AvgIpc) is 2.54. The van der Waals surface area contributed by atoms with E-state index in [2.05, 4.69) is 0 Å². The fourth-order valence-electron chi connectivity index (χ4n) is 2.34. The molecular weight excluding hydrogens is 200 g/mol. The van der Waals surface area contributed by atoms with E-state index in [-0.39, 0.29) is 25.6 Å². The number of hydrogen-bond acceptors (Lipinski definition) is 5. The quantitative estimate of drug-likeness (QED) is 0.568. The highest BCUT2D eigenvalue weighted by atomic mass is 16.8. The van der Waals surface area contributed by atoms with E-state index in [0.29, 0.717) is 0 Å². The fraction of sp³-hybridized carbons (Fsp3) is 1.00. The zero-order valence-electron chi connectivity index (χ0n) is 9.01. The van der Waals surface area contributed by atoms with Crippen molar-refractivity contribution in [2.75, 3.05) is 13.2 Å². The summed E-state index contributed by atoms with van der Waals surface area (Å²) in [7, 11) is 0. The molecule has 0 aromatic rings. The third kappa shape index (κ3) is 1.42. The lowest BCUT2D eigenvalue weighted by atomic mass is 9.85. The third-order valence-electron chi connectivity index (χ3n) is 3.48. The number of aliphatic hydroxyl groups is 3. The van der Waals surface area contributed by atoms with Crippen LogP contribution in [0, 0.1) is 5.92 Å². The van der Waals surface area contributed by atoms with Crippen LogP contribution < -0.4 is 0 Å². The van der Waals surface area contributed by atoms with Crippen LogP contribution in [0.25, 0.3) is 0 Å². The van der Waals surface area contributed by atoms with Crippen LogP contribution in [0.2, 0.25) is 0 Å². The van der Waals surface area contributed by atoms with Crippen LogP contribution in [-0.2, 0) is 9.47 Å². The molecule has 5 nitrogen and oxygen atoms in total. The molecule has 15 heavy (non-hydrogen) atoms. The highest BCUT2D eigenvalue weighted by Crippen LogP contribution is 2.46. The molecule has 0 aromatic carbocycles. The summed E-state index contributed by atoms with van der Waals surface area (Å²) in [5.74, 6) is -0.797. The van der Waals surface area contributed by atoms with Gasteiger partial charge in [-0.25, -0.2) is 0 Å².